The topological polar surface area (TPSA) is 27.8 Å². The van der Waals surface area contributed by atoms with Gasteiger partial charge in [0.25, 0.3) is 0 Å². The number of benzene rings is 1. The van der Waals surface area contributed by atoms with Crippen molar-refractivity contribution in [1.82, 2.24) is 10.3 Å². The molecule has 19 heavy (non-hydrogen) atoms. The van der Waals surface area contributed by atoms with Gasteiger partial charge in [0.05, 0.1) is 0 Å². The van der Waals surface area contributed by atoms with Crippen LogP contribution in [0.15, 0.2) is 30.5 Å². The van der Waals surface area contributed by atoms with Crippen molar-refractivity contribution in [2.75, 3.05) is 13.1 Å². The van der Waals surface area contributed by atoms with Gasteiger partial charge in [-0.25, -0.2) is 0 Å². The zero-order valence-corrected chi connectivity index (χ0v) is 12.0. The van der Waals surface area contributed by atoms with E-state index in [0.29, 0.717) is 0 Å². The van der Waals surface area contributed by atoms with Crippen molar-refractivity contribution in [3.8, 4) is 0 Å². The molecule has 0 amide bonds. The number of aromatic nitrogens is 1. The Morgan fingerprint density at radius 3 is 2.74 bits per heavy atom. The second-order valence-corrected chi connectivity index (χ2v) is 5.27. The van der Waals surface area contributed by atoms with Crippen molar-refractivity contribution < 1.29 is 0 Å². The highest BCUT2D eigenvalue weighted by Gasteiger charge is 2.01. The zero-order chi connectivity index (χ0) is 13.3. The third kappa shape index (κ3) is 4.39. The van der Waals surface area contributed by atoms with E-state index in [1.807, 2.05) is 0 Å². The van der Waals surface area contributed by atoms with Gasteiger partial charge in [-0.05, 0) is 37.6 Å². The maximum atomic E-state index is 3.55. The van der Waals surface area contributed by atoms with Crippen LogP contribution in [0.4, 0.5) is 0 Å². The molecule has 2 rings (SSSR count). The van der Waals surface area contributed by atoms with Crippen LogP contribution in [0.2, 0.25) is 0 Å². The van der Waals surface area contributed by atoms with E-state index in [4.69, 9.17) is 0 Å². The molecular weight excluding hydrogens is 232 g/mol. The van der Waals surface area contributed by atoms with Crippen LogP contribution in [-0.4, -0.2) is 18.1 Å². The number of nitrogens with one attached hydrogen (secondary N) is 2. The monoisotopic (exact) mass is 258 g/mol. The van der Waals surface area contributed by atoms with E-state index in [0.717, 1.165) is 19.5 Å². The number of hydrogen-bond donors (Lipinski definition) is 2. The highest BCUT2D eigenvalue weighted by atomic mass is 14.8. The predicted molar refractivity (Wildman–Crippen MR) is 83.6 cm³/mol. The van der Waals surface area contributed by atoms with Gasteiger partial charge in [-0.3, -0.25) is 0 Å². The van der Waals surface area contributed by atoms with Crippen molar-refractivity contribution >= 4 is 10.9 Å². The molecule has 0 bridgehead atoms. The molecule has 2 heteroatoms. The maximum Gasteiger partial charge on any atom is 0.0456 e. The first kappa shape index (κ1) is 14.1. The average molecular weight is 258 g/mol. The summed E-state index contributed by atoms with van der Waals surface area (Å²) in [6.07, 6.45) is 10.0. The molecule has 0 aliphatic heterocycles. The van der Waals surface area contributed by atoms with Gasteiger partial charge in [0.1, 0.15) is 0 Å². The van der Waals surface area contributed by atoms with Crippen molar-refractivity contribution in [1.29, 1.82) is 0 Å². The van der Waals surface area contributed by atoms with E-state index in [9.17, 15) is 0 Å². The molecular formula is C17H26N2. The highest BCUT2D eigenvalue weighted by molar-refractivity contribution is 5.83. The van der Waals surface area contributed by atoms with Crippen LogP contribution in [-0.2, 0) is 6.42 Å². The molecule has 0 saturated carbocycles. The summed E-state index contributed by atoms with van der Waals surface area (Å²) in [7, 11) is 0. The molecule has 1 heterocycles. The summed E-state index contributed by atoms with van der Waals surface area (Å²) in [6, 6.07) is 8.53. The Bertz CT molecular complexity index is 473. The lowest BCUT2D eigenvalue weighted by atomic mass is 10.1. The van der Waals surface area contributed by atoms with Crippen LogP contribution >= 0.6 is 0 Å². The maximum absolute atomic E-state index is 3.55. The second-order valence-electron chi connectivity index (χ2n) is 5.27. The Morgan fingerprint density at radius 2 is 1.84 bits per heavy atom. The molecule has 0 aliphatic carbocycles. The van der Waals surface area contributed by atoms with Gasteiger partial charge >= 0.3 is 0 Å². The molecule has 0 spiro atoms. The van der Waals surface area contributed by atoms with Gasteiger partial charge in [-0.15, -0.1) is 0 Å². The summed E-state index contributed by atoms with van der Waals surface area (Å²) >= 11 is 0. The van der Waals surface area contributed by atoms with Crippen LogP contribution < -0.4 is 5.32 Å². The van der Waals surface area contributed by atoms with Gasteiger partial charge in [0.15, 0.2) is 0 Å². The van der Waals surface area contributed by atoms with Gasteiger partial charge < -0.3 is 10.3 Å². The van der Waals surface area contributed by atoms with E-state index in [1.54, 1.807) is 0 Å². The molecule has 0 saturated heterocycles. The van der Waals surface area contributed by atoms with E-state index in [2.05, 4.69) is 47.7 Å². The Morgan fingerprint density at radius 1 is 1.00 bits per heavy atom. The number of unbranched alkanes of at least 4 members (excludes halogenated alkanes) is 4. The summed E-state index contributed by atoms with van der Waals surface area (Å²) in [5.74, 6) is 0. The van der Waals surface area contributed by atoms with Crippen LogP contribution in [0.3, 0.4) is 0 Å². The minimum Gasteiger partial charge on any atom is -0.361 e. The van der Waals surface area contributed by atoms with Gasteiger partial charge in [-0.1, -0.05) is 50.8 Å². The van der Waals surface area contributed by atoms with E-state index in [-0.39, 0.29) is 0 Å². The van der Waals surface area contributed by atoms with Crippen molar-refractivity contribution in [2.45, 2.75) is 45.4 Å². The number of H-pyrrole nitrogens is 1. The number of aromatic amines is 1. The fraction of sp³-hybridized carbons (Fsp3) is 0.529. The lowest BCUT2D eigenvalue weighted by molar-refractivity contribution is 0.585. The number of fused-ring (bicyclic) bond motifs is 1. The second kappa shape index (κ2) is 8.00. The van der Waals surface area contributed by atoms with Crippen LogP contribution in [0.1, 0.15) is 44.6 Å². The molecule has 1 aromatic carbocycles. The minimum absolute atomic E-state index is 1.08. The summed E-state index contributed by atoms with van der Waals surface area (Å²) in [6.45, 7) is 4.50. The largest absolute Gasteiger partial charge is 0.361 e. The SMILES string of the molecule is CCCCCCCNCCc1c[nH]c2ccccc12. The molecule has 2 aromatic rings. The van der Waals surface area contributed by atoms with Gasteiger partial charge in [0.2, 0.25) is 0 Å². The summed E-state index contributed by atoms with van der Waals surface area (Å²) in [4.78, 5) is 3.34. The van der Waals surface area contributed by atoms with Crippen molar-refractivity contribution in [2.24, 2.45) is 0 Å². The molecule has 1 aromatic heterocycles. The molecule has 104 valence electrons. The quantitative estimate of drug-likeness (QED) is 0.646. The first-order valence-corrected chi connectivity index (χ1v) is 7.67. The lowest BCUT2D eigenvalue weighted by Gasteiger charge is -2.04. The zero-order valence-electron chi connectivity index (χ0n) is 12.0. The number of rotatable bonds is 9. The first-order valence-electron chi connectivity index (χ1n) is 7.67. The van der Waals surface area contributed by atoms with Crippen LogP contribution in [0, 0.1) is 0 Å². The Hall–Kier alpha value is -1.28. The highest BCUT2D eigenvalue weighted by Crippen LogP contribution is 2.17. The third-order valence-corrected chi connectivity index (χ3v) is 3.70. The molecule has 2 nitrogen and oxygen atoms in total. The van der Waals surface area contributed by atoms with E-state index < -0.39 is 0 Å². The molecule has 0 radical (unpaired) electrons. The Balaban J connectivity index is 1.63. The summed E-state index contributed by atoms with van der Waals surface area (Å²) < 4.78 is 0. The molecule has 0 unspecified atom stereocenters. The fourth-order valence-corrected chi connectivity index (χ4v) is 2.54. The van der Waals surface area contributed by atoms with E-state index >= 15 is 0 Å². The fourth-order valence-electron chi connectivity index (χ4n) is 2.54. The van der Waals surface area contributed by atoms with Crippen LogP contribution in [0.25, 0.3) is 10.9 Å². The van der Waals surface area contributed by atoms with Crippen LogP contribution in [0.5, 0.6) is 0 Å². The third-order valence-electron chi connectivity index (χ3n) is 3.70. The predicted octanol–water partition coefficient (Wildman–Crippen LogP) is 4.27. The van der Waals surface area contributed by atoms with E-state index in [1.165, 1.54) is 48.6 Å². The minimum atomic E-state index is 1.08. The van der Waals surface area contributed by atoms with Crippen molar-refractivity contribution in [3.05, 3.63) is 36.0 Å². The molecule has 2 N–H and O–H groups in total. The standard InChI is InChI=1S/C17H26N2/c1-2-3-4-5-8-12-18-13-11-15-14-19-17-10-7-6-9-16(15)17/h6-7,9-10,14,18-19H,2-5,8,11-13H2,1H3. The Kier molecular flexibility index (Phi) is 5.96. The summed E-state index contributed by atoms with van der Waals surface area (Å²) in [5, 5.41) is 4.92. The molecule has 0 aliphatic rings. The number of para-hydroxylation sites is 1. The smallest absolute Gasteiger partial charge is 0.0456 e. The first-order chi connectivity index (χ1) is 9.42. The normalized spacial score (nSPS) is 11.2. The average Bonchev–Trinajstić information content (AvgIpc) is 2.85. The Labute approximate surface area is 116 Å². The number of hydrogen-bond acceptors (Lipinski definition) is 1. The van der Waals surface area contributed by atoms with Gasteiger partial charge in [-0.2, -0.15) is 0 Å². The molecule has 0 fully saturated rings. The summed E-state index contributed by atoms with van der Waals surface area (Å²) in [5.41, 5.74) is 2.67. The lowest BCUT2D eigenvalue weighted by Crippen LogP contribution is -2.18. The van der Waals surface area contributed by atoms with Crippen molar-refractivity contribution in [3.63, 3.8) is 0 Å². The molecule has 0 atom stereocenters. The van der Waals surface area contributed by atoms with Gasteiger partial charge in [0, 0.05) is 17.1 Å².